The minimum Gasteiger partial charge on any atom is -0.462 e. The molecule has 0 spiro atoms. The van der Waals surface area contributed by atoms with Crippen LogP contribution in [0.5, 0.6) is 0 Å². The van der Waals surface area contributed by atoms with Gasteiger partial charge in [-0.05, 0) is 56.3 Å². The fraction of sp³-hybridized carbons (Fsp3) is 0.880. The van der Waals surface area contributed by atoms with Crippen molar-refractivity contribution in [1.29, 1.82) is 0 Å². The monoisotopic (exact) mass is 496 g/mol. The minimum absolute atomic E-state index is 0.00284. The second-order valence-electron chi connectivity index (χ2n) is 11.4. The van der Waals surface area contributed by atoms with Crippen molar-refractivity contribution in [3.05, 3.63) is 0 Å². The number of ether oxygens (including phenoxy) is 3. The molecule has 0 radical (unpaired) electrons. The lowest BCUT2D eigenvalue weighted by Gasteiger charge is -2.65. The Bertz CT molecular complexity index is 864. The van der Waals surface area contributed by atoms with Crippen LogP contribution in [0, 0.1) is 28.6 Å². The summed E-state index contributed by atoms with van der Waals surface area (Å²) in [6.07, 6.45) is 6.26. The maximum Gasteiger partial charge on any atom is 0.303 e. The summed E-state index contributed by atoms with van der Waals surface area (Å²) in [5, 5.41) is 0.362. The van der Waals surface area contributed by atoms with E-state index in [-0.39, 0.29) is 45.7 Å². The van der Waals surface area contributed by atoms with Crippen LogP contribution < -0.4 is 0 Å². The first kappa shape index (κ1) is 23.8. The van der Waals surface area contributed by atoms with E-state index >= 15 is 0 Å². The quantitative estimate of drug-likeness (QED) is 0.309. The van der Waals surface area contributed by atoms with E-state index in [4.69, 9.17) is 14.2 Å². The average Bonchev–Trinajstić information content (AvgIpc) is 3.14. The Balaban J connectivity index is 1.49. The van der Waals surface area contributed by atoms with Gasteiger partial charge < -0.3 is 14.2 Å². The Hall–Kier alpha value is -0.890. The van der Waals surface area contributed by atoms with E-state index in [1.165, 1.54) is 20.8 Å². The van der Waals surface area contributed by atoms with Crippen molar-refractivity contribution in [1.82, 2.24) is 0 Å². The van der Waals surface area contributed by atoms with E-state index in [0.29, 0.717) is 23.0 Å². The highest BCUT2D eigenvalue weighted by Crippen LogP contribution is 2.78. The van der Waals surface area contributed by atoms with Crippen LogP contribution in [0.2, 0.25) is 0 Å². The number of carbonyl (C=O) groups excluding carboxylic acids is 3. The molecule has 0 unspecified atom stereocenters. The first-order valence-corrected chi connectivity index (χ1v) is 14.6. The van der Waals surface area contributed by atoms with Crippen molar-refractivity contribution in [3.8, 4) is 0 Å². The number of fused-ring (bicyclic) bond motifs is 3. The normalized spacial score (nSPS) is 49.9. The fourth-order valence-electron chi connectivity index (χ4n) is 8.72. The van der Waals surface area contributed by atoms with Crippen molar-refractivity contribution >= 4 is 39.5 Å². The van der Waals surface area contributed by atoms with Crippen molar-refractivity contribution in [2.75, 3.05) is 0 Å². The van der Waals surface area contributed by atoms with Crippen molar-refractivity contribution in [2.45, 2.75) is 108 Å². The van der Waals surface area contributed by atoms with E-state index in [1.54, 1.807) is 0 Å². The third-order valence-corrected chi connectivity index (χ3v) is 14.1. The smallest absolute Gasteiger partial charge is 0.303 e. The summed E-state index contributed by atoms with van der Waals surface area (Å²) in [5.74, 6) is 0.899. The second kappa shape index (κ2) is 8.07. The van der Waals surface area contributed by atoms with Gasteiger partial charge >= 0.3 is 17.9 Å². The molecular weight excluding hydrogens is 460 g/mol. The molecule has 33 heavy (non-hydrogen) atoms. The topological polar surface area (TPSA) is 78.9 Å². The van der Waals surface area contributed by atoms with Gasteiger partial charge in [-0.15, -0.1) is 0 Å². The number of carbonyl (C=O) groups is 3. The van der Waals surface area contributed by atoms with Crippen molar-refractivity contribution in [2.24, 2.45) is 28.6 Å². The van der Waals surface area contributed by atoms with Crippen LogP contribution in [-0.2, 0) is 28.6 Å². The molecular formula is C25H36O6S2. The number of hydrogen-bond donors (Lipinski definition) is 0. The molecule has 0 amide bonds. The molecule has 184 valence electrons. The second-order valence-corrected chi connectivity index (χ2v) is 14.1. The van der Waals surface area contributed by atoms with E-state index < -0.39 is 6.10 Å². The Labute approximate surface area is 204 Å². The van der Waals surface area contributed by atoms with Gasteiger partial charge in [-0.25, -0.2) is 0 Å². The molecule has 1 heterocycles. The zero-order chi connectivity index (χ0) is 23.8. The molecule has 6 nitrogen and oxygen atoms in total. The summed E-state index contributed by atoms with van der Waals surface area (Å²) in [6.45, 7) is 9.21. The number of rotatable bonds is 3. The predicted octanol–water partition coefficient (Wildman–Crippen LogP) is 4.93. The number of esters is 3. The average molecular weight is 497 g/mol. The molecule has 5 aliphatic rings. The highest BCUT2D eigenvalue weighted by molar-refractivity contribution is 8.78. The Kier molecular flexibility index (Phi) is 5.83. The summed E-state index contributed by atoms with van der Waals surface area (Å²) in [7, 11) is 3.82. The molecule has 5 fully saturated rings. The summed E-state index contributed by atoms with van der Waals surface area (Å²) in [5.41, 5.74) is 0.0557. The van der Waals surface area contributed by atoms with E-state index in [9.17, 15) is 14.4 Å². The molecule has 8 heteroatoms. The lowest BCUT2D eigenvalue weighted by Crippen LogP contribution is -2.70. The van der Waals surface area contributed by atoms with E-state index in [0.717, 1.165) is 44.9 Å². The third kappa shape index (κ3) is 3.32. The largest absolute Gasteiger partial charge is 0.462 e. The van der Waals surface area contributed by atoms with Crippen LogP contribution in [0.15, 0.2) is 0 Å². The minimum atomic E-state index is -0.410. The van der Waals surface area contributed by atoms with Gasteiger partial charge in [0, 0.05) is 43.3 Å². The molecule has 4 saturated carbocycles. The highest BCUT2D eigenvalue weighted by atomic mass is 33.1. The lowest BCUT2D eigenvalue weighted by atomic mass is 9.44. The molecule has 5 rings (SSSR count). The molecule has 4 aliphatic carbocycles. The zero-order valence-corrected chi connectivity index (χ0v) is 21.9. The fourth-order valence-corrected chi connectivity index (χ4v) is 13.7. The Morgan fingerprint density at radius 3 is 2.18 bits per heavy atom. The van der Waals surface area contributed by atoms with Crippen LogP contribution in [-0.4, -0.2) is 46.2 Å². The van der Waals surface area contributed by atoms with Gasteiger partial charge in [0.15, 0.2) is 6.10 Å². The molecule has 1 saturated heterocycles. The van der Waals surface area contributed by atoms with Crippen LogP contribution >= 0.6 is 21.6 Å². The maximum atomic E-state index is 12.2. The molecule has 0 aromatic heterocycles. The Morgan fingerprint density at radius 2 is 1.52 bits per heavy atom. The van der Waals surface area contributed by atoms with Gasteiger partial charge in [-0.1, -0.05) is 35.4 Å². The predicted molar refractivity (Wildman–Crippen MR) is 127 cm³/mol. The summed E-state index contributed by atoms with van der Waals surface area (Å²) in [6, 6.07) is 0. The van der Waals surface area contributed by atoms with Crippen molar-refractivity contribution in [3.63, 3.8) is 0 Å². The first-order chi connectivity index (χ1) is 15.5. The standard InChI is InChI=1S/C25H36O6S2/c1-13(26)29-19-12-21-24(5)18-9-10-23(4)17(6-7-20(23)30-14(2)27)16(18)8-11-25(24,33-32-21)22(19)31-15(3)28/h16-22H,6-12H2,1-5H3/t16-,17-,18-,19+,20-,21-,22-,23-,24-,25+/m0/s1. The van der Waals surface area contributed by atoms with Gasteiger partial charge in [0.1, 0.15) is 12.2 Å². The third-order valence-electron chi connectivity index (χ3n) is 10.0. The van der Waals surface area contributed by atoms with Crippen LogP contribution in [0.4, 0.5) is 0 Å². The van der Waals surface area contributed by atoms with Gasteiger partial charge in [0.2, 0.25) is 0 Å². The van der Waals surface area contributed by atoms with Crippen LogP contribution in [0.25, 0.3) is 0 Å². The number of hydrogen-bond acceptors (Lipinski definition) is 8. The highest BCUT2D eigenvalue weighted by Gasteiger charge is 2.75. The zero-order valence-electron chi connectivity index (χ0n) is 20.3. The molecule has 2 bridgehead atoms. The van der Waals surface area contributed by atoms with Gasteiger partial charge in [0.25, 0.3) is 0 Å². The molecule has 0 aromatic carbocycles. The Morgan fingerprint density at radius 1 is 0.818 bits per heavy atom. The van der Waals surface area contributed by atoms with Crippen LogP contribution in [0.3, 0.4) is 0 Å². The lowest BCUT2D eigenvalue weighted by molar-refractivity contribution is -0.195. The molecule has 0 aromatic rings. The SMILES string of the molecule is CC(=O)O[C@H]1CC[C@H]2[C@@H]3CC[C@@]45SS[C@@H](C[C@@H](OC(C)=O)[C@@H]4OC(C)=O)[C@]5(C)[C@H]3CC[C@]12C. The van der Waals surface area contributed by atoms with E-state index in [1.807, 2.05) is 21.6 Å². The summed E-state index contributed by atoms with van der Waals surface area (Å²) >= 11 is 0. The molecule has 10 atom stereocenters. The van der Waals surface area contributed by atoms with E-state index in [2.05, 4.69) is 13.8 Å². The van der Waals surface area contributed by atoms with Gasteiger partial charge in [-0.3, -0.25) is 14.4 Å². The van der Waals surface area contributed by atoms with Gasteiger partial charge in [0.05, 0.1) is 4.75 Å². The first-order valence-electron chi connectivity index (χ1n) is 12.4. The molecule has 1 aliphatic heterocycles. The summed E-state index contributed by atoms with van der Waals surface area (Å²) in [4.78, 5) is 35.8. The van der Waals surface area contributed by atoms with Gasteiger partial charge in [-0.2, -0.15) is 0 Å². The summed E-state index contributed by atoms with van der Waals surface area (Å²) < 4.78 is 17.3. The maximum absolute atomic E-state index is 12.2. The van der Waals surface area contributed by atoms with Crippen LogP contribution in [0.1, 0.15) is 79.6 Å². The molecule has 0 N–H and O–H groups in total. The van der Waals surface area contributed by atoms with Crippen molar-refractivity contribution < 1.29 is 28.6 Å².